The van der Waals surface area contributed by atoms with Crippen molar-refractivity contribution in [2.24, 2.45) is 22.2 Å². The number of alkyl halides is 3. The van der Waals surface area contributed by atoms with Crippen LogP contribution in [0.2, 0.25) is 0 Å². The molecule has 1 aliphatic heterocycles. The van der Waals surface area contributed by atoms with Crippen molar-refractivity contribution in [2.45, 2.75) is 50.7 Å². The molecule has 11 nitrogen and oxygen atoms in total. The van der Waals surface area contributed by atoms with Crippen LogP contribution in [0, 0.1) is 0 Å². The molecule has 0 saturated carbocycles. The number of rotatable bonds is 11. The van der Waals surface area contributed by atoms with Crippen LogP contribution in [0.25, 0.3) is 28.0 Å². The summed E-state index contributed by atoms with van der Waals surface area (Å²) in [7, 11) is 0. The van der Waals surface area contributed by atoms with Crippen LogP contribution < -0.4 is 32.9 Å². The van der Waals surface area contributed by atoms with Gasteiger partial charge in [-0.15, -0.1) is 13.2 Å². The third kappa shape index (κ3) is 8.36. The topological polar surface area (TPSA) is 172 Å². The lowest BCUT2D eigenvalue weighted by Crippen LogP contribution is -2.35. The molecule has 1 aliphatic rings. The predicted molar refractivity (Wildman–Crippen MR) is 161 cm³/mol. The molecule has 4 aromatic rings. The second-order valence-electron chi connectivity index (χ2n) is 10.8. The number of aromatic nitrogens is 3. The van der Waals surface area contributed by atoms with E-state index in [0.717, 1.165) is 24.9 Å². The fourth-order valence-electron chi connectivity index (χ4n) is 5.20. The summed E-state index contributed by atoms with van der Waals surface area (Å²) < 4.78 is 51.0. The minimum Gasteiger partial charge on any atom is -0.406 e. The average Bonchev–Trinajstić information content (AvgIpc) is 3.37. The zero-order chi connectivity index (χ0) is 31.3. The van der Waals surface area contributed by atoms with Crippen LogP contribution in [0.5, 0.6) is 5.75 Å². The van der Waals surface area contributed by atoms with Crippen molar-refractivity contribution in [1.82, 2.24) is 19.9 Å². The summed E-state index contributed by atoms with van der Waals surface area (Å²) in [4.78, 5) is 24.1. The average molecular weight is 613 g/mol. The fraction of sp³-hybridized carbons (Fsp3) is 0.367. The van der Waals surface area contributed by atoms with Crippen LogP contribution in [-0.2, 0) is 17.7 Å². The number of hydrogen-bond donors (Lipinski definition) is 5. The minimum absolute atomic E-state index is 0.0173. The standard InChI is InChI=1S/C30H35F3N8O3/c31-30(32,33)44-25-12-19(11-24-15-22(34)6-9-43-24)10-20(13-25)26-14-21-17-41(29(42)40-27(21)39-26)23-4-2-18(3-5-23)16-37-7-1-8-38-28(35)36/h2-5,10,12-14,17,22,24,37H,1,6-9,11,15-16,34H2,(H4,35,36,38)(H,39,40,42)/t22-,24+/m1/s1. The molecule has 0 radical (unpaired) electrons. The van der Waals surface area contributed by atoms with E-state index in [1.807, 2.05) is 24.3 Å². The molecule has 234 valence electrons. The normalized spacial score (nSPS) is 17.1. The third-order valence-corrected chi connectivity index (χ3v) is 7.24. The third-order valence-electron chi connectivity index (χ3n) is 7.24. The van der Waals surface area contributed by atoms with Gasteiger partial charge in [0, 0.05) is 48.6 Å². The smallest absolute Gasteiger partial charge is 0.406 e. The molecule has 2 aromatic carbocycles. The molecule has 0 amide bonds. The number of aromatic amines is 1. The molecular formula is C30H35F3N8O3. The van der Waals surface area contributed by atoms with Crippen LogP contribution in [-0.4, -0.2) is 58.7 Å². The SMILES string of the molecule is NC(N)=NCCCNCc1ccc(-n2cc3cc(-c4cc(C[C@H]5C[C@H](N)CCO5)cc(OC(F)(F)F)c4)[nH]c3nc2=O)cc1. The number of nitrogens with zero attached hydrogens (tertiary/aromatic N) is 3. The Morgan fingerprint density at radius 1 is 1.16 bits per heavy atom. The van der Waals surface area contributed by atoms with Crippen LogP contribution in [0.4, 0.5) is 13.2 Å². The Hall–Kier alpha value is -4.40. The fourth-order valence-corrected chi connectivity index (χ4v) is 5.20. The molecule has 2 aromatic heterocycles. The number of hydrogen-bond acceptors (Lipinski definition) is 7. The Bertz CT molecular complexity index is 1660. The number of benzene rings is 2. The minimum atomic E-state index is -4.86. The first kappa shape index (κ1) is 31.0. The van der Waals surface area contributed by atoms with Crippen LogP contribution >= 0.6 is 0 Å². The summed E-state index contributed by atoms with van der Waals surface area (Å²) in [5.74, 6) is -0.274. The summed E-state index contributed by atoms with van der Waals surface area (Å²) >= 11 is 0. The Morgan fingerprint density at radius 2 is 1.95 bits per heavy atom. The molecule has 14 heteroatoms. The zero-order valence-corrected chi connectivity index (χ0v) is 23.9. The van der Waals surface area contributed by atoms with E-state index in [-0.39, 0.29) is 23.9 Å². The highest BCUT2D eigenvalue weighted by atomic mass is 19.4. The van der Waals surface area contributed by atoms with E-state index >= 15 is 0 Å². The highest BCUT2D eigenvalue weighted by Gasteiger charge is 2.31. The maximum atomic E-state index is 13.2. The van der Waals surface area contributed by atoms with Crippen molar-refractivity contribution in [2.75, 3.05) is 19.7 Å². The van der Waals surface area contributed by atoms with Gasteiger partial charge in [0.1, 0.15) is 11.4 Å². The van der Waals surface area contributed by atoms with Crippen LogP contribution in [0.15, 0.2) is 64.5 Å². The largest absolute Gasteiger partial charge is 0.573 e. The van der Waals surface area contributed by atoms with E-state index in [1.165, 1.54) is 16.7 Å². The number of aliphatic imine (C=N–C) groups is 1. The maximum Gasteiger partial charge on any atom is 0.573 e. The molecule has 0 spiro atoms. The Morgan fingerprint density at radius 3 is 2.68 bits per heavy atom. The molecule has 0 aliphatic carbocycles. The van der Waals surface area contributed by atoms with E-state index in [9.17, 15) is 18.0 Å². The van der Waals surface area contributed by atoms with Gasteiger partial charge in [-0.05, 0) is 79.8 Å². The maximum absolute atomic E-state index is 13.2. The van der Waals surface area contributed by atoms with Gasteiger partial charge < -0.3 is 37.0 Å². The molecule has 1 fully saturated rings. The van der Waals surface area contributed by atoms with Gasteiger partial charge >= 0.3 is 12.1 Å². The summed E-state index contributed by atoms with van der Waals surface area (Å²) in [6.45, 7) is 2.42. The molecule has 5 rings (SSSR count). The Kier molecular flexibility index (Phi) is 9.52. The van der Waals surface area contributed by atoms with Gasteiger partial charge in [-0.2, -0.15) is 4.98 Å². The summed E-state index contributed by atoms with van der Waals surface area (Å²) in [6.07, 6.45) is -0.895. The van der Waals surface area contributed by atoms with Gasteiger partial charge in [-0.25, -0.2) is 4.79 Å². The quantitative estimate of drug-likeness (QED) is 0.0977. The lowest BCUT2D eigenvalue weighted by Gasteiger charge is -2.27. The van der Waals surface area contributed by atoms with Crippen molar-refractivity contribution in [3.63, 3.8) is 0 Å². The number of ether oxygens (including phenoxy) is 2. The van der Waals surface area contributed by atoms with E-state index < -0.39 is 12.1 Å². The molecule has 0 bridgehead atoms. The van der Waals surface area contributed by atoms with Gasteiger partial charge in [0.25, 0.3) is 0 Å². The Labute approximate surface area is 251 Å². The molecule has 3 heterocycles. The first-order valence-corrected chi connectivity index (χ1v) is 14.3. The predicted octanol–water partition coefficient (Wildman–Crippen LogP) is 3.08. The van der Waals surface area contributed by atoms with E-state index in [0.29, 0.717) is 66.1 Å². The van der Waals surface area contributed by atoms with E-state index in [4.69, 9.17) is 21.9 Å². The molecule has 2 atom stereocenters. The van der Waals surface area contributed by atoms with Gasteiger partial charge in [0.05, 0.1) is 11.8 Å². The van der Waals surface area contributed by atoms with Crippen molar-refractivity contribution in [3.05, 3.63) is 76.3 Å². The van der Waals surface area contributed by atoms with Crippen molar-refractivity contribution in [3.8, 4) is 22.7 Å². The highest BCUT2D eigenvalue weighted by Crippen LogP contribution is 2.32. The summed E-state index contributed by atoms with van der Waals surface area (Å²) in [5.41, 5.74) is 19.7. The van der Waals surface area contributed by atoms with Crippen LogP contribution in [0.3, 0.4) is 0 Å². The number of nitrogens with two attached hydrogens (primary N) is 3. The van der Waals surface area contributed by atoms with E-state index in [2.05, 4.69) is 25.0 Å². The monoisotopic (exact) mass is 612 g/mol. The van der Waals surface area contributed by atoms with Crippen molar-refractivity contribution >= 4 is 17.0 Å². The number of halogens is 3. The lowest BCUT2D eigenvalue weighted by atomic mass is 9.96. The van der Waals surface area contributed by atoms with Gasteiger partial charge in [0.15, 0.2) is 5.96 Å². The molecular weight excluding hydrogens is 577 g/mol. The first-order chi connectivity index (χ1) is 21.0. The number of H-pyrrole nitrogens is 1. The molecule has 1 saturated heterocycles. The molecule has 44 heavy (non-hydrogen) atoms. The first-order valence-electron chi connectivity index (χ1n) is 14.3. The number of fused-ring (bicyclic) bond motifs is 1. The Balaban J connectivity index is 1.35. The second-order valence-corrected chi connectivity index (χ2v) is 10.8. The number of guanidine groups is 1. The summed E-state index contributed by atoms with van der Waals surface area (Å²) in [5, 5.41) is 3.92. The second kappa shape index (κ2) is 13.5. The number of nitrogens with one attached hydrogen (secondary N) is 2. The van der Waals surface area contributed by atoms with E-state index in [1.54, 1.807) is 18.3 Å². The zero-order valence-electron chi connectivity index (χ0n) is 23.9. The highest BCUT2D eigenvalue weighted by molar-refractivity contribution is 5.83. The molecule has 0 unspecified atom stereocenters. The lowest BCUT2D eigenvalue weighted by molar-refractivity contribution is -0.274. The molecule has 8 N–H and O–H groups in total. The van der Waals surface area contributed by atoms with Crippen LogP contribution in [0.1, 0.15) is 30.4 Å². The van der Waals surface area contributed by atoms with Gasteiger partial charge in [-0.1, -0.05) is 12.1 Å². The van der Waals surface area contributed by atoms with Gasteiger partial charge in [-0.3, -0.25) is 9.56 Å². The van der Waals surface area contributed by atoms with Gasteiger partial charge in [0.2, 0.25) is 0 Å². The van der Waals surface area contributed by atoms with Crippen molar-refractivity contribution < 1.29 is 22.6 Å². The summed E-state index contributed by atoms with van der Waals surface area (Å²) in [6, 6.07) is 13.6. The van der Waals surface area contributed by atoms with Crippen molar-refractivity contribution in [1.29, 1.82) is 0 Å².